The molecule has 0 atom stereocenters. The van der Waals surface area contributed by atoms with E-state index in [1.165, 1.54) is 6.07 Å². The first-order valence-electron chi connectivity index (χ1n) is 6.86. The zero-order chi connectivity index (χ0) is 17.7. The van der Waals surface area contributed by atoms with E-state index in [1.807, 2.05) is 0 Å². The van der Waals surface area contributed by atoms with Crippen molar-refractivity contribution in [3.63, 3.8) is 0 Å². The van der Waals surface area contributed by atoms with Gasteiger partial charge in [0.05, 0.1) is 11.0 Å². The fourth-order valence-electron chi connectivity index (χ4n) is 1.75. The largest absolute Gasteiger partial charge is 0.470 e. The molecule has 24 heavy (non-hydrogen) atoms. The van der Waals surface area contributed by atoms with Crippen LogP contribution in [0.4, 0.5) is 11.5 Å². The molecule has 1 heterocycles. The van der Waals surface area contributed by atoms with Gasteiger partial charge in [-0.05, 0) is 32.0 Å². The topological polar surface area (TPSA) is 119 Å². The summed E-state index contributed by atoms with van der Waals surface area (Å²) in [5, 5.41) is 11.7. The molecule has 0 unspecified atom stereocenters. The molecule has 1 amide bonds. The van der Waals surface area contributed by atoms with Crippen LogP contribution < -0.4 is 15.6 Å². The van der Waals surface area contributed by atoms with Gasteiger partial charge in [0.1, 0.15) is 6.33 Å². The average molecular weight is 352 g/mol. The van der Waals surface area contributed by atoms with Gasteiger partial charge in [0, 0.05) is 10.6 Å². The van der Waals surface area contributed by atoms with Crippen LogP contribution in [0.25, 0.3) is 0 Å². The van der Waals surface area contributed by atoms with Gasteiger partial charge in [-0.15, -0.1) is 0 Å². The van der Waals surface area contributed by atoms with Crippen molar-refractivity contribution >= 4 is 29.0 Å². The van der Waals surface area contributed by atoms with Crippen LogP contribution in [0.5, 0.6) is 5.88 Å². The normalized spacial score (nSPS) is 10.3. The second kappa shape index (κ2) is 7.55. The van der Waals surface area contributed by atoms with Gasteiger partial charge in [-0.2, -0.15) is 4.98 Å². The predicted octanol–water partition coefficient (Wildman–Crippen LogP) is 2.58. The van der Waals surface area contributed by atoms with E-state index in [-0.39, 0.29) is 23.4 Å². The second-order valence-electron chi connectivity index (χ2n) is 4.89. The van der Waals surface area contributed by atoms with Crippen LogP contribution in [0.3, 0.4) is 0 Å². The molecular formula is C14H14ClN5O4. The lowest BCUT2D eigenvalue weighted by molar-refractivity contribution is -0.385. The number of benzene rings is 1. The monoisotopic (exact) mass is 351 g/mol. The van der Waals surface area contributed by atoms with Crippen LogP contribution in [0.2, 0.25) is 5.02 Å². The van der Waals surface area contributed by atoms with Gasteiger partial charge < -0.3 is 4.74 Å². The van der Waals surface area contributed by atoms with Crippen LogP contribution in [0.1, 0.15) is 24.2 Å². The van der Waals surface area contributed by atoms with Crippen LogP contribution in [0.15, 0.2) is 30.6 Å². The zero-order valence-corrected chi connectivity index (χ0v) is 13.6. The number of hydrogen-bond acceptors (Lipinski definition) is 7. The van der Waals surface area contributed by atoms with E-state index in [9.17, 15) is 14.9 Å². The molecule has 0 saturated heterocycles. The Morgan fingerprint density at radius 2 is 2.12 bits per heavy atom. The quantitative estimate of drug-likeness (QED) is 0.606. The Bertz CT molecular complexity index is 769. The van der Waals surface area contributed by atoms with Crippen LogP contribution in [0, 0.1) is 10.1 Å². The van der Waals surface area contributed by atoms with Gasteiger partial charge in [0.2, 0.25) is 5.82 Å². The predicted molar refractivity (Wildman–Crippen MR) is 87.0 cm³/mol. The molecule has 0 spiro atoms. The minimum Gasteiger partial charge on any atom is -0.470 e. The van der Waals surface area contributed by atoms with E-state index in [0.717, 1.165) is 6.33 Å². The van der Waals surface area contributed by atoms with Gasteiger partial charge in [0.15, 0.2) is 0 Å². The smallest absolute Gasteiger partial charge is 0.374 e. The van der Waals surface area contributed by atoms with Gasteiger partial charge in [-0.25, -0.2) is 4.98 Å². The molecule has 2 aromatic rings. The number of aromatic nitrogens is 2. The SMILES string of the molecule is CC(C)Oc1ncnc(NNC(=O)c2cccc(Cl)c2)c1[N+](=O)[O-]. The summed E-state index contributed by atoms with van der Waals surface area (Å²) >= 11 is 5.82. The standard InChI is InChI=1S/C14H14ClN5O4/c1-8(2)24-14-11(20(22)23)12(16-7-17-14)18-19-13(21)9-4-3-5-10(15)6-9/h3-8H,1-2H3,(H,19,21)(H,16,17,18). The molecule has 2 rings (SSSR count). The number of rotatable bonds is 6. The first-order valence-corrected chi connectivity index (χ1v) is 7.24. The number of hydrogen-bond donors (Lipinski definition) is 2. The van der Waals surface area contributed by atoms with E-state index in [1.54, 1.807) is 32.0 Å². The third-order valence-corrected chi connectivity index (χ3v) is 2.93. The first-order chi connectivity index (χ1) is 11.4. The van der Waals surface area contributed by atoms with E-state index >= 15 is 0 Å². The molecule has 126 valence electrons. The van der Waals surface area contributed by atoms with Crippen molar-refractivity contribution in [2.75, 3.05) is 5.43 Å². The number of nitro groups is 1. The van der Waals surface area contributed by atoms with E-state index in [0.29, 0.717) is 5.02 Å². The van der Waals surface area contributed by atoms with Crippen molar-refractivity contribution in [1.82, 2.24) is 15.4 Å². The third kappa shape index (κ3) is 4.29. The van der Waals surface area contributed by atoms with Gasteiger partial charge in [0.25, 0.3) is 11.8 Å². The van der Waals surface area contributed by atoms with Gasteiger partial charge >= 0.3 is 5.69 Å². The maximum atomic E-state index is 12.0. The van der Waals surface area contributed by atoms with Crippen molar-refractivity contribution < 1.29 is 14.5 Å². The first kappa shape index (κ1) is 17.4. The minimum absolute atomic E-state index is 0.190. The average Bonchev–Trinajstić information content (AvgIpc) is 2.51. The Morgan fingerprint density at radius 3 is 2.75 bits per heavy atom. The highest BCUT2D eigenvalue weighted by molar-refractivity contribution is 6.30. The van der Waals surface area contributed by atoms with Crippen molar-refractivity contribution in [3.05, 3.63) is 51.3 Å². The highest BCUT2D eigenvalue weighted by Crippen LogP contribution is 2.30. The molecule has 0 saturated carbocycles. The number of hydrazine groups is 1. The molecule has 0 aliphatic rings. The molecule has 9 nitrogen and oxygen atoms in total. The summed E-state index contributed by atoms with van der Waals surface area (Å²) in [5.74, 6) is -0.915. The highest BCUT2D eigenvalue weighted by Gasteiger charge is 2.25. The summed E-state index contributed by atoms with van der Waals surface area (Å²) < 4.78 is 5.29. The summed E-state index contributed by atoms with van der Waals surface area (Å²) in [6, 6.07) is 6.24. The Balaban J connectivity index is 2.20. The lowest BCUT2D eigenvalue weighted by atomic mass is 10.2. The summed E-state index contributed by atoms with van der Waals surface area (Å²) in [7, 11) is 0. The summed E-state index contributed by atoms with van der Waals surface area (Å²) in [5.41, 5.74) is 4.54. The van der Waals surface area contributed by atoms with Crippen molar-refractivity contribution in [2.45, 2.75) is 20.0 Å². The van der Waals surface area contributed by atoms with E-state index in [4.69, 9.17) is 16.3 Å². The van der Waals surface area contributed by atoms with Crippen LogP contribution in [-0.2, 0) is 0 Å². The molecule has 1 aromatic carbocycles. The molecule has 0 aliphatic carbocycles. The fraction of sp³-hybridized carbons (Fsp3) is 0.214. The van der Waals surface area contributed by atoms with Gasteiger partial charge in [-0.1, -0.05) is 17.7 Å². The van der Waals surface area contributed by atoms with Crippen molar-refractivity contribution in [3.8, 4) is 5.88 Å². The summed E-state index contributed by atoms with van der Waals surface area (Å²) in [6.45, 7) is 3.42. The second-order valence-corrected chi connectivity index (χ2v) is 5.33. The zero-order valence-electron chi connectivity index (χ0n) is 12.8. The fourth-order valence-corrected chi connectivity index (χ4v) is 1.94. The number of carbonyl (C=O) groups excluding carboxylic acids is 1. The maximum absolute atomic E-state index is 12.0. The molecule has 0 bridgehead atoms. The highest BCUT2D eigenvalue weighted by atomic mass is 35.5. The van der Waals surface area contributed by atoms with E-state index in [2.05, 4.69) is 20.8 Å². The number of anilines is 1. The molecule has 0 aliphatic heterocycles. The molecule has 0 radical (unpaired) electrons. The molecule has 10 heteroatoms. The lowest BCUT2D eigenvalue weighted by Gasteiger charge is -2.12. The number of ether oxygens (including phenoxy) is 1. The van der Waals surface area contributed by atoms with Gasteiger partial charge in [-0.3, -0.25) is 25.8 Å². The van der Waals surface area contributed by atoms with Crippen LogP contribution in [-0.4, -0.2) is 26.9 Å². The Kier molecular flexibility index (Phi) is 5.48. The molecule has 2 N–H and O–H groups in total. The third-order valence-electron chi connectivity index (χ3n) is 2.70. The van der Waals surface area contributed by atoms with E-state index < -0.39 is 16.5 Å². The van der Waals surface area contributed by atoms with Crippen molar-refractivity contribution in [1.29, 1.82) is 0 Å². The number of amides is 1. The number of halogens is 1. The Hall–Kier alpha value is -2.94. The maximum Gasteiger partial charge on any atom is 0.374 e. The number of nitrogens with zero attached hydrogens (tertiary/aromatic N) is 3. The lowest BCUT2D eigenvalue weighted by Crippen LogP contribution is -2.30. The number of nitrogens with one attached hydrogen (secondary N) is 2. The number of carbonyl (C=O) groups is 1. The molecule has 1 aromatic heterocycles. The Labute approximate surface area is 142 Å². The Morgan fingerprint density at radius 1 is 1.38 bits per heavy atom. The summed E-state index contributed by atoms with van der Waals surface area (Å²) in [6.07, 6.45) is 0.783. The summed E-state index contributed by atoms with van der Waals surface area (Å²) in [4.78, 5) is 30.1. The minimum atomic E-state index is -0.689. The van der Waals surface area contributed by atoms with Crippen molar-refractivity contribution in [2.24, 2.45) is 0 Å². The molecular weight excluding hydrogens is 338 g/mol. The van der Waals surface area contributed by atoms with Crippen LogP contribution >= 0.6 is 11.6 Å². The molecule has 0 fully saturated rings.